The number of hydrogen-bond donors (Lipinski definition) is 4. The number of rotatable bonds is 5. The van der Waals surface area contributed by atoms with Crippen LogP contribution in [0.3, 0.4) is 0 Å². The number of aromatic hydroxyl groups is 1. The molecule has 5 rings (SSSR count). The standard InChI is InChI=1S/C26H25N5O3/c32-20-12-8-18(9-13-20)25(33)28-19-10-6-16(7-11-19)24-29-21-14-23(27-15-22(21)30-24)31-26(34)17-4-2-1-3-5-17/h6-15,17,32H,1-5H2,(H,28,33)(H,29,30)(H,27,31,34). The first-order valence-corrected chi connectivity index (χ1v) is 11.4. The van der Waals surface area contributed by atoms with Gasteiger partial charge in [0.2, 0.25) is 5.91 Å². The first-order chi connectivity index (χ1) is 16.5. The molecule has 1 aliphatic rings. The van der Waals surface area contributed by atoms with Gasteiger partial charge in [0.15, 0.2) is 0 Å². The number of aromatic amines is 1. The minimum absolute atomic E-state index is 0.0345. The highest BCUT2D eigenvalue weighted by Crippen LogP contribution is 2.26. The van der Waals surface area contributed by atoms with Gasteiger partial charge in [0.05, 0.1) is 17.2 Å². The molecular weight excluding hydrogens is 430 g/mol. The van der Waals surface area contributed by atoms with E-state index in [4.69, 9.17) is 0 Å². The predicted octanol–water partition coefficient (Wildman–Crippen LogP) is 5.10. The topological polar surface area (TPSA) is 120 Å². The monoisotopic (exact) mass is 455 g/mol. The van der Waals surface area contributed by atoms with Gasteiger partial charge in [0, 0.05) is 28.8 Å². The van der Waals surface area contributed by atoms with E-state index >= 15 is 0 Å². The maximum Gasteiger partial charge on any atom is 0.255 e. The first kappa shape index (κ1) is 21.6. The van der Waals surface area contributed by atoms with Gasteiger partial charge >= 0.3 is 0 Å². The van der Waals surface area contributed by atoms with Crippen LogP contribution < -0.4 is 10.6 Å². The Kier molecular flexibility index (Phi) is 5.95. The van der Waals surface area contributed by atoms with Crippen LogP contribution in [0.1, 0.15) is 42.5 Å². The molecule has 0 atom stereocenters. The summed E-state index contributed by atoms with van der Waals surface area (Å²) in [5.74, 6) is 1.13. The highest BCUT2D eigenvalue weighted by Gasteiger charge is 2.21. The molecule has 2 aromatic carbocycles. The Balaban J connectivity index is 1.27. The van der Waals surface area contributed by atoms with Crippen molar-refractivity contribution in [3.63, 3.8) is 0 Å². The first-order valence-electron chi connectivity index (χ1n) is 11.4. The van der Waals surface area contributed by atoms with Gasteiger partial charge in [-0.15, -0.1) is 0 Å². The number of aromatic nitrogens is 3. The van der Waals surface area contributed by atoms with Crippen LogP contribution in [0.5, 0.6) is 5.75 Å². The van der Waals surface area contributed by atoms with E-state index in [0.29, 0.717) is 28.4 Å². The Morgan fingerprint density at radius 2 is 1.68 bits per heavy atom. The van der Waals surface area contributed by atoms with Crippen LogP contribution in [0, 0.1) is 5.92 Å². The van der Waals surface area contributed by atoms with Crippen molar-refractivity contribution in [3.8, 4) is 17.1 Å². The number of benzene rings is 2. The fraction of sp³-hybridized carbons (Fsp3) is 0.231. The highest BCUT2D eigenvalue weighted by molar-refractivity contribution is 6.04. The van der Waals surface area contributed by atoms with Crippen LogP contribution in [-0.4, -0.2) is 31.9 Å². The number of nitrogens with one attached hydrogen (secondary N) is 3. The minimum Gasteiger partial charge on any atom is -0.508 e. The normalized spacial score (nSPS) is 14.1. The molecule has 0 saturated heterocycles. The lowest BCUT2D eigenvalue weighted by atomic mass is 9.89. The summed E-state index contributed by atoms with van der Waals surface area (Å²) < 4.78 is 0. The number of H-pyrrole nitrogens is 1. The van der Waals surface area contributed by atoms with Gasteiger partial charge < -0.3 is 20.7 Å². The quantitative estimate of drug-likeness (QED) is 0.334. The lowest BCUT2D eigenvalue weighted by Gasteiger charge is -2.20. The van der Waals surface area contributed by atoms with Crippen molar-refractivity contribution in [2.24, 2.45) is 5.92 Å². The van der Waals surface area contributed by atoms with E-state index in [1.807, 2.05) is 12.1 Å². The van der Waals surface area contributed by atoms with Gasteiger partial charge in [-0.25, -0.2) is 9.97 Å². The zero-order valence-corrected chi connectivity index (χ0v) is 18.5. The molecule has 2 amide bonds. The predicted molar refractivity (Wildman–Crippen MR) is 131 cm³/mol. The summed E-state index contributed by atoms with van der Waals surface area (Å²) in [5.41, 5.74) is 3.45. The van der Waals surface area contributed by atoms with E-state index < -0.39 is 0 Å². The molecule has 1 aliphatic carbocycles. The maximum atomic E-state index is 12.5. The number of nitrogens with zero attached hydrogens (tertiary/aromatic N) is 2. The lowest BCUT2D eigenvalue weighted by molar-refractivity contribution is -0.120. The Labute approximate surface area is 196 Å². The SMILES string of the molecule is O=C(Nc1ccc(-c2nc3cc(NC(=O)C4CCCCC4)ncc3[nH]2)cc1)c1ccc(O)cc1. The molecule has 0 radical (unpaired) electrons. The molecule has 2 aromatic heterocycles. The summed E-state index contributed by atoms with van der Waals surface area (Å²) >= 11 is 0. The van der Waals surface area contributed by atoms with E-state index in [9.17, 15) is 14.7 Å². The van der Waals surface area contributed by atoms with E-state index in [2.05, 4.69) is 25.6 Å². The number of phenols is 1. The number of carbonyl (C=O) groups excluding carboxylic acids is 2. The Morgan fingerprint density at radius 3 is 2.41 bits per heavy atom. The van der Waals surface area contributed by atoms with Crippen molar-refractivity contribution in [1.82, 2.24) is 15.0 Å². The average molecular weight is 456 g/mol. The number of amides is 2. The molecule has 34 heavy (non-hydrogen) atoms. The van der Waals surface area contributed by atoms with Gasteiger partial charge in [0.1, 0.15) is 17.4 Å². The summed E-state index contributed by atoms with van der Waals surface area (Å²) in [6.07, 6.45) is 6.96. The zero-order valence-electron chi connectivity index (χ0n) is 18.5. The molecule has 4 N–H and O–H groups in total. The minimum atomic E-state index is -0.259. The van der Waals surface area contributed by atoms with Crippen molar-refractivity contribution >= 4 is 34.4 Å². The largest absolute Gasteiger partial charge is 0.508 e. The van der Waals surface area contributed by atoms with E-state index in [1.54, 1.807) is 36.5 Å². The third-order valence-electron chi connectivity index (χ3n) is 6.14. The van der Waals surface area contributed by atoms with Gasteiger partial charge in [-0.3, -0.25) is 9.59 Å². The molecule has 0 bridgehead atoms. The van der Waals surface area contributed by atoms with E-state index in [-0.39, 0.29) is 23.5 Å². The highest BCUT2D eigenvalue weighted by atomic mass is 16.3. The van der Waals surface area contributed by atoms with E-state index in [0.717, 1.165) is 36.8 Å². The number of imidazole rings is 1. The van der Waals surface area contributed by atoms with Gasteiger partial charge in [-0.1, -0.05) is 19.3 Å². The molecule has 0 aliphatic heterocycles. The molecule has 8 heteroatoms. The van der Waals surface area contributed by atoms with Gasteiger partial charge in [-0.2, -0.15) is 0 Å². The molecule has 172 valence electrons. The van der Waals surface area contributed by atoms with Crippen molar-refractivity contribution in [1.29, 1.82) is 0 Å². The molecule has 1 saturated carbocycles. The van der Waals surface area contributed by atoms with Crippen LogP contribution in [0.15, 0.2) is 60.8 Å². The molecule has 8 nitrogen and oxygen atoms in total. The van der Waals surface area contributed by atoms with Crippen molar-refractivity contribution in [3.05, 3.63) is 66.4 Å². The third-order valence-corrected chi connectivity index (χ3v) is 6.14. The number of fused-ring (bicyclic) bond motifs is 1. The number of anilines is 2. The Bertz CT molecular complexity index is 1320. The zero-order chi connectivity index (χ0) is 23.5. The van der Waals surface area contributed by atoms with Crippen molar-refractivity contribution in [2.45, 2.75) is 32.1 Å². The molecular formula is C26H25N5O3. The second kappa shape index (κ2) is 9.35. The third kappa shape index (κ3) is 4.76. The second-order valence-corrected chi connectivity index (χ2v) is 8.57. The molecule has 0 spiro atoms. The number of pyridine rings is 1. The summed E-state index contributed by atoms with van der Waals surface area (Å²) in [6, 6.07) is 15.2. The van der Waals surface area contributed by atoms with Crippen LogP contribution in [0.25, 0.3) is 22.4 Å². The lowest BCUT2D eigenvalue weighted by Crippen LogP contribution is -2.25. The van der Waals surface area contributed by atoms with Gasteiger partial charge in [0.25, 0.3) is 5.91 Å². The summed E-state index contributed by atoms with van der Waals surface area (Å²) in [6.45, 7) is 0. The molecule has 0 unspecified atom stereocenters. The summed E-state index contributed by atoms with van der Waals surface area (Å²) in [5, 5.41) is 15.1. The van der Waals surface area contributed by atoms with Crippen LogP contribution in [0.2, 0.25) is 0 Å². The Hall–Kier alpha value is -4.20. The van der Waals surface area contributed by atoms with E-state index in [1.165, 1.54) is 18.6 Å². The summed E-state index contributed by atoms with van der Waals surface area (Å²) in [4.78, 5) is 37.1. The molecule has 1 fully saturated rings. The fourth-order valence-electron chi connectivity index (χ4n) is 4.24. The smallest absolute Gasteiger partial charge is 0.255 e. The maximum absolute atomic E-state index is 12.5. The molecule has 2 heterocycles. The Morgan fingerprint density at radius 1 is 0.941 bits per heavy atom. The number of phenolic OH excluding ortho intramolecular Hbond substituents is 1. The fourth-order valence-corrected chi connectivity index (χ4v) is 4.24. The number of hydrogen-bond acceptors (Lipinski definition) is 5. The van der Waals surface area contributed by atoms with Crippen molar-refractivity contribution in [2.75, 3.05) is 10.6 Å². The van der Waals surface area contributed by atoms with Crippen LogP contribution in [0.4, 0.5) is 11.5 Å². The average Bonchev–Trinajstić information content (AvgIpc) is 3.29. The second-order valence-electron chi connectivity index (χ2n) is 8.57. The van der Waals surface area contributed by atoms with Gasteiger partial charge in [-0.05, 0) is 61.4 Å². The summed E-state index contributed by atoms with van der Waals surface area (Å²) in [7, 11) is 0. The van der Waals surface area contributed by atoms with Crippen molar-refractivity contribution < 1.29 is 14.7 Å². The molecule has 4 aromatic rings. The van der Waals surface area contributed by atoms with Crippen LogP contribution >= 0.6 is 0 Å². The number of carbonyl (C=O) groups is 2. The van der Waals surface area contributed by atoms with Crippen LogP contribution in [-0.2, 0) is 4.79 Å².